The monoisotopic (exact) mass is 517 g/mol. The van der Waals surface area contributed by atoms with Crippen LogP contribution in [0.2, 0.25) is 0 Å². The van der Waals surface area contributed by atoms with Crippen molar-refractivity contribution in [2.24, 2.45) is 0 Å². The predicted molar refractivity (Wildman–Crippen MR) is 134 cm³/mol. The number of aryl methyl sites for hydroxylation is 1. The van der Waals surface area contributed by atoms with Gasteiger partial charge in [-0.05, 0) is 65.3 Å². The van der Waals surface area contributed by atoms with Gasteiger partial charge in [0.25, 0.3) is 0 Å². The summed E-state index contributed by atoms with van der Waals surface area (Å²) in [4.78, 5) is 21.8. The molecule has 6 nitrogen and oxygen atoms in total. The van der Waals surface area contributed by atoms with Gasteiger partial charge < -0.3 is 10.1 Å². The first-order valence-electron chi connectivity index (χ1n) is 11.8. The van der Waals surface area contributed by atoms with Crippen LogP contribution in [0, 0.1) is 12.7 Å². The number of carbonyl (C=O) groups excluding carboxylic acids is 1. The molecule has 1 aliphatic heterocycles. The zero-order valence-corrected chi connectivity index (χ0v) is 21.4. The van der Waals surface area contributed by atoms with Crippen molar-refractivity contribution in [1.29, 1.82) is 0 Å². The van der Waals surface area contributed by atoms with Gasteiger partial charge in [-0.2, -0.15) is 22.4 Å². The molecule has 196 valence electrons. The van der Waals surface area contributed by atoms with Crippen molar-refractivity contribution in [2.45, 2.75) is 65.4 Å². The van der Waals surface area contributed by atoms with Crippen LogP contribution in [-0.4, -0.2) is 33.7 Å². The van der Waals surface area contributed by atoms with Gasteiger partial charge in [0.15, 0.2) is 12.1 Å². The molecule has 0 bridgehead atoms. The van der Waals surface area contributed by atoms with E-state index in [2.05, 4.69) is 15.3 Å². The topological polar surface area (TPSA) is 64.1 Å². The van der Waals surface area contributed by atoms with Gasteiger partial charge >= 0.3 is 12.3 Å². The Bertz CT molecular complexity index is 1330. The summed E-state index contributed by atoms with van der Waals surface area (Å²) < 4.78 is 59.7. The molecule has 1 N–H and O–H groups in total. The maximum Gasteiger partial charge on any atom is 0.522 e. The molecular weight excluding hydrogens is 488 g/mol. The minimum atomic E-state index is -4.47. The zero-order valence-electron chi connectivity index (χ0n) is 21.4. The molecule has 0 spiro atoms. The lowest BCUT2D eigenvalue weighted by molar-refractivity contribution is -0.137. The number of halogens is 4. The van der Waals surface area contributed by atoms with Crippen LogP contribution >= 0.6 is 0 Å². The second-order valence-electron chi connectivity index (χ2n) is 10.3. The lowest BCUT2D eigenvalue weighted by Crippen LogP contribution is -2.42. The Kier molecular flexibility index (Phi) is 6.52. The summed E-state index contributed by atoms with van der Waals surface area (Å²) in [6, 6.07) is 8.81. The number of aromatic nitrogens is 2. The molecule has 37 heavy (non-hydrogen) atoms. The van der Waals surface area contributed by atoms with E-state index in [1.807, 2.05) is 13.8 Å². The van der Waals surface area contributed by atoms with Crippen molar-refractivity contribution in [2.75, 3.05) is 5.32 Å². The molecule has 3 atom stereocenters. The number of carbonyl (C=O) groups is 1. The molecule has 2 unspecified atom stereocenters. The van der Waals surface area contributed by atoms with Crippen LogP contribution < -0.4 is 9.80 Å². The van der Waals surface area contributed by atoms with Crippen LogP contribution in [0.3, 0.4) is 0 Å². The molecule has 1 fully saturated rings. The maximum atomic E-state index is 15.0. The summed E-state index contributed by atoms with van der Waals surface area (Å²) in [6.45, 7) is 10.9. The number of quaternary nitrogens is 1. The van der Waals surface area contributed by atoms with Gasteiger partial charge in [-0.25, -0.2) is 14.4 Å². The Balaban J connectivity index is 1.72. The average molecular weight is 518 g/mol. The largest absolute Gasteiger partial charge is 0.522 e. The van der Waals surface area contributed by atoms with Crippen LogP contribution in [0.4, 0.5) is 39.5 Å². The number of amides is 1. The van der Waals surface area contributed by atoms with Crippen LogP contribution in [0.25, 0.3) is 11.1 Å². The van der Waals surface area contributed by atoms with E-state index in [0.717, 1.165) is 12.1 Å². The SMILES string of the molecule is Cc1ncc(-c2ccc(C(F)(F)F)cc2)c(Nc2cc([N+]3(C(=O)OC(C)(C)C)C(C)[C@@H]3C)ccc2F)n1. The van der Waals surface area contributed by atoms with Gasteiger partial charge in [0.05, 0.1) is 11.3 Å². The van der Waals surface area contributed by atoms with Crippen molar-refractivity contribution in [3.05, 3.63) is 65.9 Å². The van der Waals surface area contributed by atoms with Gasteiger partial charge in [-0.15, -0.1) is 0 Å². The molecule has 1 aromatic heterocycles. The number of ether oxygens (including phenoxy) is 1. The number of nitrogens with zero attached hydrogens (tertiary/aromatic N) is 3. The quantitative estimate of drug-likeness (QED) is 0.222. The lowest BCUT2D eigenvalue weighted by atomic mass is 10.1. The summed E-state index contributed by atoms with van der Waals surface area (Å²) in [5.41, 5.74) is -0.0294. The fourth-order valence-electron chi connectivity index (χ4n) is 4.51. The standard InChI is InChI=1S/C27H29F4N4O2/c1-15-16(2)35(15,25(36)37-26(4,5)6)20-11-12-22(28)23(13-20)34-24-21(14-32-17(3)33-24)18-7-9-19(10-8-18)27(29,30)31/h7-16H,1-6H3,(H,32,33,34)/q+1/t15-,16?,35?/m0/s1. The number of nitrogens with one attached hydrogen (secondary N) is 1. The van der Waals surface area contributed by atoms with Gasteiger partial charge in [0, 0.05) is 23.9 Å². The first-order valence-corrected chi connectivity index (χ1v) is 11.8. The second-order valence-corrected chi connectivity index (χ2v) is 10.3. The molecule has 0 aliphatic carbocycles. The smallest absolute Gasteiger partial charge is 0.414 e. The molecule has 4 rings (SSSR count). The highest BCUT2D eigenvalue weighted by Crippen LogP contribution is 2.48. The summed E-state index contributed by atoms with van der Waals surface area (Å²) in [5, 5.41) is 2.97. The van der Waals surface area contributed by atoms with Crippen LogP contribution in [-0.2, 0) is 10.9 Å². The summed E-state index contributed by atoms with van der Waals surface area (Å²) in [6.07, 6.45) is -3.42. The number of benzene rings is 2. The number of rotatable bonds is 4. The minimum absolute atomic E-state index is 0.0659. The Hall–Kier alpha value is -3.53. The van der Waals surface area contributed by atoms with E-state index in [-0.39, 0.29) is 28.1 Å². The van der Waals surface area contributed by atoms with Crippen molar-refractivity contribution in [3.63, 3.8) is 0 Å². The molecule has 1 aliphatic rings. The lowest BCUT2D eigenvalue weighted by Gasteiger charge is -2.24. The first kappa shape index (κ1) is 26.5. The van der Waals surface area contributed by atoms with Crippen LogP contribution in [0.5, 0.6) is 0 Å². The summed E-state index contributed by atoms with van der Waals surface area (Å²) >= 11 is 0. The predicted octanol–water partition coefficient (Wildman–Crippen LogP) is 7.39. The highest BCUT2D eigenvalue weighted by molar-refractivity contribution is 5.90. The fourth-order valence-corrected chi connectivity index (χ4v) is 4.51. The molecule has 3 aromatic rings. The molecule has 0 radical (unpaired) electrons. The molecular formula is C27H29F4N4O2+. The van der Waals surface area contributed by atoms with Gasteiger partial charge in [0.2, 0.25) is 0 Å². The molecule has 10 heteroatoms. The zero-order chi connectivity index (χ0) is 27.3. The second kappa shape index (κ2) is 9.09. The number of alkyl halides is 3. The number of hydrogen-bond acceptors (Lipinski definition) is 5. The van der Waals surface area contributed by atoms with E-state index in [1.165, 1.54) is 24.4 Å². The van der Waals surface area contributed by atoms with E-state index >= 15 is 0 Å². The molecule has 1 saturated heterocycles. The van der Waals surface area contributed by atoms with E-state index in [4.69, 9.17) is 4.74 Å². The molecule has 2 heterocycles. The Morgan fingerprint density at radius 2 is 1.65 bits per heavy atom. The fraction of sp³-hybridized carbons (Fsp3) is 0.370. The van der Waals surface area contributed by atoms with Gasteiger partial charge in [0.1, 0.15) is 28.7 Å². The van der Waals surface area contributed by atoms with E-state index in [9.17, 15) is 22.4 Å². The van der Waals surface area contributed by atoms with Crippen molar-refractivity contribution in [3.8, 4) is 11.1 Å². The third kappa shape index (κ3) is 5.02. The van der Waals surface area contributed by atoms with Crippen molar-refractivity contribution >= 4 is 23.3 Å². The third-order valence-corrected chi connectivity index (χ3v) is 6.65. The highest BCUT2D eigenvalue weighted by Gasteiger charge is 2.69. The first-order chi connectivity index (χ1) is 17.1. The average Bonchev–Trinajstić information content (AvgIpc) is 3.35. The Morgan fingerprint density at radius 1 is 1.03 bits per heavy atom. The maximum absolute atomic E-state index is 15.0. The highest BCUT2D eigenvalue weighted by atomic mass is 19.4. The Labute approximate surface area is 212 Å². The van der Waals surface area contributed by atoms with Crippen molar-refractivity contribution < 1.29 is 27.1 Å². The molecule has 1 amide bonds. The van der Waals surface area contributed by atoms with Gasteiger partial charge in [-0.1, -0.05) is 12.1 Å². The van der Waals surface area contributed by atoms with Crippen LogP contribution in [0.1, 0.15) is 46.0 Å². The van der Waals surface area contributed by atoms with E-state index < -0.39 is 29.3 Å². The van der Waals surface area contributed by atoms with E-state index in [0.29, 0.717) is 22.6 Å². The minimum Gasteiger partial charge on any atom is -0.414 e. The molecule has 0 saturated carbocycles. The van der Waals surface area contributed by atoms with Gasteiger partial charge in [-0.3, -0.25) is 0 Å². The normalized spacial score (nSPS) is 21.5. The summed E-state index contributed by atoms with van der Waals surface area (Å²) in [7, 11) is 0. The number of hydrogen-bond donors (Lipinski definition) is 1. The van der Waals surface area contributed by atoms with Crippen molar-refractivity contribution in [1.82, 2.24) is 14.5 Å². The Morgan fingerprint density at radius 3 is 2.19 bits per heavy atom. The molecule has 2 aromatic carbocycles. The van der Waals surface area contributed by atoms with E-state index in [1.54, 1.807) is 39.8 Å². The number of anilines is 2. The third-order valence-electron chi connectivity index (χ3n) is 6.65. The summed E-state index contributed by atoms with van der Waals surface area (Å²) in [5.74, 6) is 0.0297. The van der Waals surface area contributed by atoms with Crippen LogP contribution in [0.15, 0.2) is 48.7 Å².